The molecular formula is C20H32N4O6. The molecule has 0 spiro atoms. The summed E-state index contributed by atoms with van der Waals surface area (Å²) in [4.78, 5) is 53.2. The van der Waals surface area contributed by atoms with E-state index in [1.165, 1.54) is 0 Å². The van der Waals surface area contributed by atoms with Gasteiger partial charge in [-0.1, -0.05) is 0 Å². The van der Waals surface area contributed by atoms with Crippen molar-refractivity contribution in [3.8, 4) is 0 Å². The number of hydrogen-bond donors (Lipinski definition) is 2. The Balaban J connectivity index is 1.59. The highest BCUT2D eigenvalue weighted by atomic mass is 16.6. The van der Waals surface area contributed by atoms with Crippen molar-refractivity contribution in [2.75, 3.05) is 13.1 Å². The van der Waals surface area contributed by atoms with E-state index < -0.39 is 35.5 Å². The molecule has 3 fully saturated rings. The lowest BCUT2D eigenvalue weighted by molar-refractivity contribution is -0.156. The lowest BCUT2D eigenvalue weighted by Crippen LogP contribution is -2.60. The summed E-state index contributed by atoms with van der Waals surface area (Å²) < 4.78 is 10.5. The predicted molar refractivity (Wildman–Crippen MR) is 107 cm³/mol. The van der Waals surface area contributed by atoms with Crippen LogP contribution in [-0.4, -0.2) is 82.3 Å². The lowest BCUT2D eigenvalue weighted by atomic mass is 10.1. The van der Waals surface area contributed by atoms with Gasteiger partial charge in [-0.05, 0) is 54.4 Å². The molecule has 3 saturated heterocycles. The molecule has 0 aromatic heterocycles. The summed E-state index contributed by atoms with van der Waals surface area (Å²) in [5.41, 5.74) is -1.25. The maximum absolute atomic E-state index is 13.0. The van der Waals surface area contributed by atoms with Gasteiger partial charge in [0.15, 0.2) is 0 Å². The molecule has 10 heteroatoms. The number of piperazine rings is 1. The number of amides is 4. The summed E-state index contributed by atoms with van der Waals surface area (Å²) in [5, 5.41) is 5.51. The Bertz CT molecular complexity index is 651. The van der Waals surface area contributed by atoms with Crippen molar-refractivity contribution in [2.45, 2.75) is 89.8 Å². The van der Waals surface area contributed by atoms with Crippen molar-refractivity contribution in [3.63, 3.8) is 0 Å². The third kappa shape index (κ3) is 4.96. The topological polar surface area (TPSA) is 117 Å². The van der Waals surface area contributed by atoms with Gasteiger partial charge in [0.1, 0.15) is 23.3 Å². The van der Waals surface area contributed by atoms with Crippen LogP contribution in [0.4, 0.5) is 9.59 Å². The number of carbonyl (C=O) groups is 4. The molecular weight excluding hydrogens is 392 g/mol. The highest BCUT2D eigenvalue weighted by Crippen LogP contribution is 2.32. The molecule has 3 heterocycles. The Labute approximate surface area is 176 Å². The first-order valence-electron chi connectivity index (χ1n) is 10.3. The molecule has 30 heavy (non-hydrogen) atoms. The standard InChI is InChI=1S/C20H32N4O6/c1-19(2,3)29-17(27)21-11-7-13-15(25)24-10-12(22-18(28)30-20(4,5)6)8-14(24)16(26)23(13)9-11/h11-14H,7-10H2,1-6H3,(H,21,27)(H,22,28)/t11-,12-,13?,14?/m1/s1. The van der Waals surface area contributed by atoms with E-state index in [9.17, 15) is 19.2 Å². The molecule has 0 aliphatic carbocycles. The lowest BCUT2D eigenvalue weighted by Gasteiger charge is -2.38. The Morgan fingerprint density at radius 2 is 1.10 bits per heavy atom. The van der Waals surface area contributed by atoms with Gasteiger partial charge in [0.25, 0.3) is 0 Å². The van der Waals surface area contributed by atoms with Crippen LogP contribution in [-0.2, 0) is 19.1 Å². The van der Waals surface area contributed by atoms with E-state index in [1.807, 2.05) is 0 Å². The minimum absolute atomic E-state index is 0.151. The molecule has 10 nitrogen and oxygen atoms in total. The Morgan fingerprint density at radius 3 is 1.40 bits per heavy atom. The van der Waals surface area contributed by atoms with Crippen molar-refractivity contribution < 1.29 is 28.7 Å². The summed E-state index contributed by atoms with van der Waals surface area (Å²) in [7, 11) is 0. The molecule has 2 N–H and O–H groups in total. The number of rotatable bonds is 2. The van der Waals surface area contributed by atoms with Crippen LogP contribution >= 0.6 is 0 Å². The maximum Gasteiger partial charge on any atom is 0.407 e. The highest BCUT2D eigenvalue weighted by Gasteiger charge is 2.54. The number of nitrogens with zero attached hydrogens (tertiary/aromatic N) is 2. The fraction of sp³-hybridized carbons (Fsp3) is 0.800. The first-order valence-corrected chi connectivity index (χ1v) is 10.3. The van der Waals surface area contributed by atoms with Crippen LogP contribution in [0.2, 0.25) is 0 Å². The van der Waals surface area contributed by atoms with E-state index in [1.54, 1.807) is 51.3 Å². The highest BCUT2D eigenvalue weighted by molar-refractivity contribution is 5.98. The van der Waals surface area contributed by atoms with Crippen molar-refractivity contribution in [2.24, 2.45) is 0 Å². The number of alkyl carbamates (subject to hydrolysis) is 2. The number of fused-ring (bicyclic) bond motifs is 2. The van der Waals surface area contributed by atoms with Gasteiger partial charge in [-0.15, -0.1) is 0 Å². The zero-order valence-electron chi connectivity index (χ0n) is 18.5. The third-order valence-corrected chi connectivity index (χ3v) is 5.18. The molecule has 0 saturated carbocycles. The maximum atomic E-state index is 13.0. The molecule has 3 aliphatic rings. The van der Waals surface area contributed by atoms with Crippen molar-refractivity contribution in [3.05, 3.63) is 0 Å². The molecule has 4 atom stereocenters. The van der Waals surface area contributed by atoms with Crippen LogP contribution in [0.15, 0.2) is 0 Å². The van der Waals surface area contributed by atoms with Crippen LogP contribution in [0.5, 0.6) is 0 Å². The Kier molecular flexibility index (Phi) is 5.64. The minimum Gasteiger partial charge on any atom is -0.444 e. The second-order valence-electron chi connectivity index (χ2n) is 10.2. The van der Waals surface area contributed by atoms with Crippen LogP contribution in [0.1, 0.15) is 54.4 Å². The average molecular weight is 424 g/mol. The molecule has 0 radical (unpaired) electrons. The summed E-state index contributed by atoms with van der Waals surface area (Å²) >= 11 is 0. The summed E-state index contributed by atoms with van der Waals surface area (Å²) in [6.45, 7) is 11.2. The van der Waals surface area contributed by atoms with Gasteiger partial charge in [-0.3, -0.25) is 9.59 Å². The Hall–Kier alpha value is -2.52. The van der Waals surface area contributed by atoms with E-state index >= 15 is 0 Å². The van der Waals surface area contributed by atoms with E-state index in [4.69, 9.17) is 9.47 Å². The SMILES string of the molecule is CC(C)(C)OC(=O)N[C@@H]1CC2C(=O)N3C[C@H](NC(=O)OC(C)(C)C)CC3C(=O)N2C1. The molecule has 0 bridgehead atoms. The summed E-state index contributed by atoms with van der Waals surface area (Å²) in [6, 6.07) is -1.88. The van der Waals surface area contributed by atoms with Gasteiger partial charge in [-0.2, -0.15) is 0 Å². The van der Waals surface area contributed by atoms with Crippen molar-refractivity contribution in [1.29, 1.82) is 0 Å². The minimum atomic E-state index is -0.625. The van der Waals surface area contributed by atoms with Gasteiger partial charge in [0, 0.05) is 13.1 Å². The van der Waals surface area contributed by atoms with Crippen LogP contribution in [0.3, 0.4) is 0 Å². The second-order valence-corrected chi connectivity index (χ2v) is 10.2. The quantitative estimate of drug-likeness (QED) is 0.683. The molecule has 4 amide bonds. The van der Waals surface area contributed by atoms with Gasteiger partial charge in [-0.25, -0.2) is 9.59 Å². The van der Waals surface area contributed by atoms with E-state index in [0.29, 0.717) is 12.8 Å². The third-order valence-electron chi connectivity index (χ3n) is 5.18. The molecule has 0 aromatic carbocycles. The van der Waals surface area contributed by atoms with Gasteiger partial charge in [0.2, 0.25) is 11.8 Å². The first-order chi connectivity index (χ1) is 13.7. The van der Waals surface area contributed by atoms with Gasteiger partial charge >= 0.3 is 12.2 Å². The molecule has 0 aromatic rings. The van der Waals surface area contributed by atoms with Crippen LogP contribution in [0, 0.1) is 0 Å². The van der Waals surface area contributed by atoms with Crippen LogP contribution in [0.25, 0.3) is 0 Å². The molecule has 3 aliphatic heterocycles. The van der Waals surface area contributed by atoms with Crippen LogP contribution < -0.4 is 10.6 Å². The Morgan fingerprint density at radius 1 is 0.767 bits per heavy atom. The average Bonchev–Trinajstić information content (AvgIpc) is 3.13. The fourth-order valence-corrected chi connectivity index (χ4v) is 4.17. The number of carbonyl (C=O) groups excluding carboxylic acids is 4. The monoisotopic (exact) mass is 424 g/mol. The molecule has 168 valence electrons. The normalized spacial score (nSPS) is 28.7. The number of ether oxygens (including phenoxy) is 2. The van der Waals surface area contributed by atoms with E-state index in [0.717, 1.165) is 0 Å². The zero-order chi connectivity index (χ0) is 22.4. The zero-order valence-corrected chi connectivity index (χ0v) is 18.5. The van der Waals surface area contributed by atoms with Gasteiger partial charge < -0.3 is 29.9 Å². The summed E-state index contributed by atoms with van der Waals surface area (Å²) in [6.07, 6.45) is -0.433. The predicted octanol–water partition coefficient (Wildman–Crippen LogP) is 0.988. The van der Waals surface area contributed by atoms with Crippen molar-refractivity contribution >= 4 is 24.0 Å². The fourth-order valence-electron chi connectivity index (χ4n) is 4.17. The second kappa shape index (κ2) is 7.63. The summed E-state index contributed by atoms with van der Waals surface area (Å²) in [5.74, 6) is -0.303. The van der Waals surface area contributed by atoms with E-state index in [2.05, 4.69) is 10.6 Å². The smallest absolute Gasteiger partial charge is 0.407 e. The molecule has 2 unspecified atom stereocenters. The number of nitrogens with one attached hydrogen (secondary N) is 2. The largest absolute Gasteiger partial charge is 0.444 e. The molecule has 3 rings (SSSR count). The number of hydrogen-bond acceptors (Lipinski definition) is 6. The van der Waals surface area contributed by atoms with Gasteiger partial charge in [0.05, 0.1) is 12.1 Å². The first kappa shape index (κ1) is 22.2. The van der Waals surface area contributed by atoms with E-state index in [-0.39, 0.29) is 37.0 Å². The van der Waals surface area contributed by atoms with Crippen molar-refractivity contribution in [1.82, 2.24) is 20.4 Å².